The zero-order valence-electron chi connectivity index (χ0n) is 13.0. The minimum absolute atomic E-state index is 0.346. The molecule has 0 aromatic carbocycles. The Labute approximate surface area is 128 Å². The Morgan fingerprint density at radius 2 is 1.95 bits per heavy atom. The fourth-order valence-corrected chi connectivity index (χ4v) is 3.45. The van der Waals surface area contributed by atoms with E-state index in [-0.39, 0.29) is 0 Å². The summed E-state index contributed by atoms with van der Waals surface area (Å²) in [6, 6.07) is 0. The molecular weight excluding hydrogens is 266 g/mol. The first-order chi connectivity index (χ1) is 10.4. The number of piperidine rings is 1. The molecule has 0 unspecified atom stereocenters. The first kappa shape index (κ1) is 15.3. The molecule has 3 heterocycles. The molecule has 0 spiro atoms. The van der Waals surface area contributed by atoms with Crippen LogP contribution in [0.3, 0.4) is 0 Å². The minimum atomic E-state index is 0.346. The topological polar surface area (TPSA) is 30.9 Å². The van der Waals surface area contributed by atoms with Crippen molar-refractivity contribution in [1.29, 1.82) is 0 Å². The van der Waals surface area contributed by atoms with Crippen LogP contribution in [0.15, 0.2) is 12.3 Å². The number of hydrogen-bond acceptors (Lipinski definition) is 4. The van der Waals surface area contributed by atoms with Crippen LogP contribution in [0.25, 0.3) is 0 Å². The number of ether oxygens (including phenoxy) is 3. The van der Waals surface area contributed by atoms with Gasteiger partial charge in [-0.2, -0.15) is 0 Å². The van der Waals surface area contributed by atoms with E-state index in [0.717, 1.165) is 58.5 Å². The van der Waals surface area contributed by atoms with E-state index in [9.17, 15) is 0 Å². The molecule has 0 amide bonds. The van der Waals surface area contributed by atoms with E-state index < -0.39 is 0 Å². The highest BCUT2D eigenvalue weighted by Gasteiger charge is 2.24. The zero-order chi connectivity index (χ0) is 14.3. The van der Waals surface area contributed by atoms with E-state index >= 15 is 0 Å². The fraction of sp³-hybridized carbons (Fsp3) is 0.882. The summed E-state index contributed by atoms with van der Waals surface area (Å²) in [6.45, 7) is 5.06. The molecule has 3 rings (SSSR count). The fourth-order valence-electron chi connectivity index (χ4n) is 3.45. The van der Waals surface area contributed by atoms with Crippen molar-refractivity contribution in [2.75, 3.05) is 32.8 Å². The maximum absolute atomic E-state index is 6.07. The van der Waals surface area contributed by atoms with E-state index in [1.54, 1.807) is 0 Å². The molecule has 21 heavy (non-hydrogen) atoms. The van der Waals surface area contributed by atoms with Crippen LogP contribution >= 0.6 is 0 Å². The van der Waals surface area contributed by atoms with Crippen molar-refractivity contribution in [2.45, 2.75) is 63.3 Å². The summed E-state index contributed by atoms with van der Waals surface area (Å²) in [4.78, 5) is 2.53. The molecule has 4 nitrogen and oxygen atoms in total. The Morgan fingerprint density at radius 3 is 2.67 bits per heavy atom. The number of hydrogen-bond donors (Lipinski definition) is 0. The van der Waals surface area contributed by atoms with Gasteiger partial charge in [-0.15, -0.1) is 0 Å². The van der Waals surface area contributed by atoms with Gasteiger partial charge < -0.3 is 14.2 Å². The van der Waals surface area contributed by atoms with Gasteiger partial charge in [0.2, 0.25) is 0 Å². The maximum Gasteiger partial charge on any atom is 0.111 e. The average molecular weight is 295 g/mol. The number of allylic oxidation sites excluding steroid dienone is 1. The highest BCUT2D eigenvalue weighted by atomic mass is 16.5. The Morgan fingerprint density at radius 1 is 1.05 bits per heavy atom. The lowest BCUT2D eigenvalue weighted by Crippen LogP contribution is -2.42. The molecule has 2 atom stereocenters. The summed E-state index contributed by atoms with van der Waals surface area (Å²) in [7, 11) is 0. The molecule has 2 saturated heterocycles. The highest BCUT2D eigenvalue weighted by molar-refractivity contribution is 4.84. The SMILES string of the molecule is C1=CO[C@H](CN2CCC(OC[C@@H]3CCCCO3)CC2)CC1. The van der Waals surface area contributed by atoms with E-state index in [4.69, 9.17) is 14.2 Å². The monoisotopic (exact) mass is 295 g/mol. The van der Waals surface area contributed by atoms with E-state index in [2.05, 4.69) is 11.0 Å². The maximum atomic E-state index is 6.07. The second-order valence-corrected chi connectivity index (χ2v) is 6.53. The van der Waals surface area contributed by atoms with Crippen molar-refractivity contribution in [3.8, 4) is 0 Å². The van der Waals surface area contributed by atoms with Gasteiger partial charge in [0.25, 0.3) is 0 Å². The quantitative estimate of drug-likeness (QED) is 0.780. The molecule has 0 aliphatic carbocycles. The van der Waals surface area contributed by atoms with Crippen LogP contribution in [0.4, 0.5) is 0 Å². The lowest BCUT2D eigenvalue weighted by molar-refractivity contribution is -0.0767. The van der Waals surface area contributed by atoms with Crippen LogP contribution < -0.4 is 0 Å². The molecule has 0 aromatic heterocycles. The zero-order valence-corrected chi connectivity index (χ0v) is 13.0. The first-order valence-electron chi connectivity index (χ1n) is 8.66. The number of nitrogens with zero attached hydrogens (tertiary/aromatic N) is 1. The van der Waals surface area contributed by atoms with Gasteiger partial charge >= 0.3 is 0 Å². The Hall–Kier alpha value is -0.580. The van der Waals surface area contributed by atoms with Gasteiger partial charge in [-0.3, -0.25) is 4.90 Å². The summed E-state index contributed by atoms with van der Waals surface area (Å²) in [6.07, 6.45) is 13.4. The second-order valence-electron chi connectivity index (χ2n) is 6.53. The number of likely N-dealkylation sites (tertiary alicyclic amines) is 1. The summed E-state index contributed by atoms with van der Waals surface area (Å²) in [5.74, 6) is 0. The summed E-state index contributed by atoms with van der Waals surface area (Å²) >= 11 is 0. The summed E-state index contributed by atoms with van der Waals surface area (Å²) in [5, 5.41) is 0. The third kappa shape index (κ3) is 4.97. The first-order valence-corrected chi connectivity index (χ1v) is 8.66. The normalized spacial score (nSPS) is 32.0. The summed E-state index contributed by atoms with van der Waals surface area (Å²) < 4.78 is 17.5. The molecule has 0 radical (unpaired) electrons. The van der Waals surface area contributed by atoms with Gasteiger partial charge in [0, 0.05) is 26.2 Å². The van der Waals surface area contributed by atoms with Crippen molar-refractivity contribution in [2.24, 2.45) is 0 Å². The van der Waals surface area contributed by atoms with Crippen LogP contribution in [0, 0.1) is 0 Å². The van der Waals surface area contributed by atoms with Crippen molar-refractivity contribution in [3.05, 3.63) is 12.3 Å². The lowest BCUT2D eigenvalue weighted by atomic mass is 10.1. The molecule has 0 aromatic rings. The molecule has 3 aliphatic heterocycles. The van der Waals surface area contributed by atoms with Crippen LogP contribution in [-0.4, -0.2) is 56.1 Å². The van der Waals surface area contributed by atoms with Gasteiger partial charge in [0.15, 0.2) is 0 Å². The Bertz CT molecular complexity index is 320. The van der Waals surface area contributed by atoms with Gasteiger partial charge in [-0.25, -0.2) is 0 Å². The molecule has 2 fully saturated rings. The third-order valence-corrected chi connectivity index (χ3v) is 4.81. The molecule has 0 N–H and O–H groups in total. The third-order valence-electron chi connectivity index (χ3n) is 4.81. The largest absolute Gasteiger partial charge is 0.497 e. The standard InChI is InChI=1S/C17H29NO3/c1-3-11-19-16(5-1)13-18-9-7-15(8-10-18)21-14-17-6-2-4-12-20-17/h3,11,15-17H,1-2,4-10,12-14H2/t16-,17-/m0/s1. The molecular formula is C17H29NO3. The minimum Gasteiger partial charge on any atom is -0.497 e. The van der Waals surface area contributed by atoms with E-state index in [1.807, 2.05) is 6.26 Å². The second kappa shape index (κ2) is 8.16. The lowest BCUT2D eigenvalue weighted by Gasteiger charge is -2.35. The van der Waals surface area contributed by atoms with Crippen molar-refractivity contribution >= 4 is 0 Å². The van der Waals surface area contributed by atoms with Gasteiger partial charge in [0.05, 0.1) is 25.1 Å². The molecule has 4 heteroatoms. The van der Waals surface area contributed by atoms with Gasteiger partial charge in [-0.1, -0.05) is 0 Å². The van der Waals surface area contributed by atoms with Crippen LogP contribution in [0.1, 0.15) is 44.9 Å². The van der Waals surface area contributed by atoms with E-state index in [0.29, 0.717) is 18.3 Å². The van der Waals surface area contributed by atoms with Crippen LogP contribution in [0.2, 0.25) is 0 Å². The predicted molar refractivity (Wildman–Crippen MR) is 82.3 cm³/mol. The molecule has 120 valence electrons. The predicted octanol–water partition coefficient (Wildman–Crippen LogP) is 2.73. The molecule has 0 bridgehead atoms. The smallest absolute Gasteiger partial charge is 0.111 e. The Balaban J connectivity index is 1.30. The van der Waals surface area contributed by atoms with Crippen molar-refractivity contribution < 1.29 is 14.2 Å². The van der Waals surface area contributed by atoms with Crippen molar-refractivity contribution in [3.63, 3.8) is 0 Å². The molecule has 3 aliphatic rings. The van der Waals surface area contributed by atoms with Gasteiger partial charge in [0.1, 0.15) is 6.10 Å². The Kier molecular flexibility index (Phi) is 5.95. The highest BCUT2D eigenvalue weighted by Crippen LogP contribution is 2.19. The summed E-state index contributed by atoms with van der Waals surface area (Å²) in [5.41, 5.74) is 0. The average Bonchev–Trinajstić information content (AvgIpc) is 2.56. The van der Waals surface area contributed by atoms with Gasteiger partial charge in [-0.05, 0) is 51.0 Å². The van der Waals surface area contributed by atoms with E-state index in [1.165, 1.54) is 19.3 Å². The van der Waals surface area contributed by atoms with Crippen molar-refractivity contribution in [1.82, 2.24) is 4.90 Å². The molecule has 0 saturated carbocycles. The number of rotatable bonds is 5. The van der Waals surface area contributed by atoms with Crippen LogP contribution in [0.5, 0.6) is 0 Å². The van der Waals surface area contributed by atoms with Crippen LogP contribution in [-0.2, 0) is 14.2 Å².